The lowest BCUT2D eigenvalue weighted by Crippen LogP contribution is -2.45. The molecule has 1 aliphatic heterocycles. The number of aromatic carboxylic acids is 1. The van der Waals surface area contributed by atoms with Gasteiger partial charge in [0.2, 0.25) is 11.7 Å². The fraction of sp³-hybridized carbons (Fsp3) is 0.500. The Bertz CT molecular complexity index is 1250. The number of carbonyl (C=O) groups is 3. The molecule has 0 bridgehead atoms. The summed E-state index contributed by atoms with van der Waals surface area (Å²) in [6.45, 7) is 5.15. The number of carbonyl (C=O) groups excluding carboxylic acids is 2. The van der Waals surface area contributed by atoms with Gasteiger partial charge in [-0.05, 0) is 57.4 Å². The average Bonchev–Trinajstić information content (AvgIpc) is 3.15. The Labute approximate surface area is 214 Å². The maximum atomic E-state index is 14.5. The van der Waals surface area contributed by atoms with Crippen LogP contribution in [0.15, 0.2) is 12.1 Å². The minimum absolute atomic E-state index is 0.0661. The van der Waals surface area contributed by atoms with Crippen molar-refractivity contribution >= 4 is 18.0 Å². The zero-order valence-electron chi connectivity index (χ0n) is 21.1. The number of aromatic nitrogens is 2. The second-order valence-corrected chi connectivity index (χ2v) is 9.94. The summed E-state index contributed by atoms with van der Waals surface area (Å²) in [5.74, 6) is -5.15. The van der Waals surface area contributed by atoms with E-state index in [1.54, 1.807) is 20.8 Å². The molecule has 1 aromatic carbocycles. The summed E-state index contributed by atoms with van der Waals surface area (Å²) >= 11 is 0. The summed E-state index contributed by atoms with van der Waals surface area (Å²) in [6, 6.07) is 0.857. The quantitative estimate of drug-likeness (QED) is 0.529. The molecule has 208 valence electrons. The van der Waals surface area contributed by atoms with E-state index < -0.39 is 71.9 Å². The van der Waals surface area contributed by atoms with Gasteiger partial charge in [0, 0.05) is 25.6 Å². The second kappa shape index (κ2) is 10.6. The fourth-order valence-corrected chi connectivity index (χ4v) is 4.07. The van der Waals surface area contributed by atoms with Crippen molar-refractivity contribution in [2.24, 2.45) is 0 Å². The van der Waals surface area contributed by atoms with Gasteiger partial charge in [0.25, 0.3) is 0 Å². The van der Waals surface area contributed by atoms with E-state index in [1.165, 1.54) is 6.92 Å². The molecule has 9 nitrogen and oxygen atoms in total. The van der Waals surface area contributed by atoms with Crippen LogP contribution >= 0.6 is 0 Å². The lowest BCUT2D eigenvalue weighted by atomic mass is 10.0. The summed E-state index contributed by atoms with van der Waals surface area (Å²) < 4.78 is 74.6. The third-order valence-electron chi connectivity index (χ3n) is 5.75. The van der Waals surface area contributed by atoms with Gasteiger partial charge in [-0.25, -0.2) is 23.4 Å². The molecule has 1 aliphatic rings. The molecule has 0 unspecified atom stereocenters. The summed E-state index contributed by atoms with van der Waals surface area (Å²) in [6.07, 6.45) is -6.55. The highest BCUT2D eigenvalue weighted by Crippen LogP contribution is 2.32. The van der Waals surface area contributed by atoms with Crippen molar-refractivity contribution < 1.29 is 46.2 Å². The Morgan fingerprint density at radius 2 is 1.79 bits per heavy atom. The molecule has 38 heavy (non-hydrogen) atoms. The van der Waals surface area contributed by atoms with Crippen molar-refractivity contribution in [1.29, 1.82) is 0 Å². The van der Waals surface area contributed by atoms with Crippen LogP contribution in [-0.4, -0.2) is 55.7 Å². The molecule has 3 rings (SSSR count). The molecule has 1 atom stereocenters. The van der Waals surface area contributed by atoms with Crippen molar-refractivity contribution in [2.45, 2.75) is 71.4 Å². The highest BCUT2D eigenvalue weighted by molar-refractivity contribution is 5.87. The normalized spacial score (nSPS) is 14.6. The van der Waals surface area contributed by atoms with Gasteiger partial charge in [0.05, 0.1) is 12.2 Å². The summed E-state index contributed by atoms with van der Waals surface area (Å²) in [4.78, 5) is 41.4. The molecule has 2 N–H and O–H groups in total. The molecule has 1 aromatic heterocycles. The number of nitrogens with zero attached hydrogens (tertiary/aromatic N) is 3. The van der Waals surface area contributed by atoms with Gasteiger partial charge in [-0.15, -0.1) is 0 Å². The Kier molecular flexibility index (Phi) is 8.03. The lowest BCUT2D eigenvalue weighted by Gasteiger charge is -2.31. The van der Waals surface area contributed by atoms with Crippen LogP contribution in [0.1, 0.15) is 60.3 Å². The lowest BCUT2D eigenvalue weighted by molar-refractivity contribution is -0.148. The molecule has 2 heterocycles. The number of halogens is 5. The van der Waals surface area contributed by atoms with Gasteiger partial charge in [0.1, 0.15) is 17.2 Å². The van der Waals surface area contributed by atoms with Gasteiger partial charge in [0.15, 0.2) is 5.69 Å². The van der Waals surface area contributed by atoms with Crippen LogP contribution in [0.5, 0.6) is 0 Å². The molecule has 0 saturated heterocycles. The summed E-state index contributed by atoms with van der Waals surface area (Å²) in [7, 11) is 0. The van der Waals surface area contributed by atoms with Gasteiger partial charge in [-0.2, -0.15) is 13.2 Å². The smallest absolute Gasteiger partial charge is 0.449 e. The molecule has 0 saturated carbocycles. The van der Waals surface area contributed by atoms with Crippen LogP contribution in [-0.2, 0) is 35.2 Å². The molecule has 0 aliphatic carbocycles. The molecular formula is C24H27F5N4O5. The zero-order valence-corrected chi connectivity index (χ0v) is 21.1. The van der Waals surface area contributed by atoms with Crippen molar-refractivity contribution in [3.05, 3.63) is 52.1 Å². The monoisotopic (exact) mass is 546 g/mol. The minimum Gasteiger partial charge on any atom is -0.476 e. The van der Waals surface area contributed by atoms with E-state index in [0.29, 0.717) is 4.57 Å². The SMILES string of the molecule is Cc1cc(F)c(C[C@H](CC(=O)N2CCn3c(C(F)(F)F)nc(C(=O)O)c3C2)NC(=O)OC(C)(C)C)cc1F. The number of fused-ring (bicyclic) bond motifs is 1. The number of hydrogen-bond acceptors (Lipinski definition) is 5. The first-order valence-corrected chi connectivity index (χ1v) is 11.6. The first-order valence-electron chi connectivity index (χ1n) is 11.6. The van der Waals surface area contributed by atoms with Crippen molar-refractivity contribution in [3.8, 4) is 0 Å². The molecule has 14 heteroatoms. The number of alkyl carbamates (subject to hydrolysis) is 1. The minimum atomic E-state index is -4.90. The van der Waals surface area contributed by atoms with Crippen LogP contribution in [0.25, 0.3) is 0 Å². The molecular weight excluding hydrogens is 519 g/mol. The maximum Gasteiger partial charge on any atom is 0.449 e. The first kappa shape index (κ1) is 28.9. The number of rotatable bonds is 6. The Hall–Kier alpha value is -3.71. The van der Waals surface area contributed by atoms with E-state index in [1.807, 2.05) is 0 Å². The largest absolute Gasteiger partial charge is 0.476 e. The van der Waals surface area contributed by atoms with Crippen molar-refractivity contribution in [1.82, 2.24) is 19.8 Å². The molecule has 0 spiro atoms. The highest BCUT2D eigenvalue weighted by Gasteiger charge is 2.42. The van der Waals surface area contributed by atoms with E-state index in [9.17, 15) is 41.4 Å². The number of benzene rings is 1. The number of ether oxygens (including phenoxy) is 1. The second-order valence-electron chi connectivity index (χ2n) is 9.94. The van der Waals surface area contributed by atoms with Gasteiger partial charge < -0.3 is 24.6 Å². The average molecular weight is 546 g/mol. The van der Waals surface area contributed by atoms with E-state index in [2.05, 4.69) is 10.3 Å². The van der Waals surface area contributed by atoms with Crippen molar-refractivity contribution in [3.63, 3.8) is 0 Å². The Morgan fingerprint density at radius 3 is 2.37 bits per heavy atom. The van der Waals surface area contributed by atoms with Gasteiger partial charge >= 0.3 is 18.2 Å². The van der Waals surface area contributed by atoms with E-state index >= 15 is 0 Å². The predicted octanol–water partition coefficient (Wildman–Crippen LogP) is 4.06. The summed E-state index contributed by atoms with van der Waals surface area (Å²) in [5.41, 5.74) is -2.06. The van der Waals surface area contributed by atoms with Crippen LogP contribution in [0.2, 0.25) is 0 Å². The number of aryl methyl sites for hydroxylation is 1. The van der Waals surface area contributed by atoms with E-state index in [4.69, 9.17) is 4.74 Å². The Balaban J connectivity index is 1.84. The summed E-state index contributed by atoms with van der Waals surface area (Å²) in [5, 5.41) is 11.8. The third-order valence-corrected chi connectivity index (χ3v) is 5.75. The third kappa shape index (κ3) is 6.78. The van der Waals surface area contributed by atoms with Crippen LogP contribution in [0, 0.1) is 18.6 Å². The zero-order chi connectivity index (χ0) is 28.6. The van der Waals surface area contributed by atoms with E-state index in [0.717, 1.165) is 17.0 Å². The molecule has 0 radical (unpaired) electrons. The molecule has 2 amide bonds. The standard InChI is InChI=1S/C24H27F5N4O5/c1-12-7-16(26)13(9-15(12)25)8-14(30-22(37)38-23(2,3)4)10-18(34)32-5-6-33-17(11-32)19(20(35)36)31-21(33)24(27,28)29/h7,9,14H,5-6,8,10-11H2,1-4H3,(H,30,37)(H,35,36)/t14-/m1/s1. The molecule has 0 fully saturated rings. The first-order chi connectivity index (χ1) is 17.5. The highest BCUT2D eigenvalue weighted by atomic mass is 19.4. The van der Waals surface area contributed by atoms with Crippen molar-refractivity contribution in [2.75, 3.05) is 6.54 Å². The van der Waals surface area contributed by atoms with E-state index in [-0.39, 0.29) is 36.3 Å². The number of alkyl halides is 3. The number of carboxylic acid groups (broad SMARTS) is 1. The number of nitrogens with one attached hydrogen (secondary N) is 1. The predicted molar refractivity (Wildman–Crippen MR) is 122 cm³/mol. The number of imidazole rings is 1. The fourth-order valence-electron chi connectivity index (χ4n) is 4.07. The van der Waals surface area contributed by atoms with Gasteiger partial charge in [-0.3, -0.25) is 4.79 Å². The van der Waals surface area contributed by atoms with Crippen LogP contribution in [0.4, 0.5) is 26.7 Å². The maximum absolute atomic E-state index is 14.5. The Morgan fingerprint density at radius 1 is 1.13 bits per heavy atom. The number of carboxylic acids is 1. The topological polar surface area (TPSA) is 114 Å². The van der Waals surface area contributed by atoms with Crippen LogP contribution < -0.4 is 5.32 Å². The number of hydrogen-bond donors (Lipinski definition) is 2. The van der Waals surface area contributed by atoms with Crippen LogP contribution in [0.3, 0.4) is 0 Å². The van der Waals surface area contributed by atoms with Gasteiger partial charge in [-0.1, -0.05) is 0 Å². The molecule has 2 aromatic rings. The number of amides is 2.